The maximum absolute atomic E-state index is 13.8. The SMILES string of the molecule is COC(=O)C(C(F)F)C(c1ccc(OCC(C)C)cc1)C1CCCCC1. The standard InChI is InChI=1S/C21H30F2O3/c1-14(2)13-26-17-11-9-16(10-12-17)18(15-7-5-4-6-8-15)19(20(22)23)21(24)25-3/h9-12,14-15,18-20H,4-8,13H2,1-3H3. The van der Waals surface area contributed by atoms with E-state index in [4.69, 9.17) is 9.47 Å². The Hall–Kier alpha value is -1.65. The van der Waals surface area contributed by atoms with Gasteiger partial charge in [0.15, 0.2) is 0 Å². The molecule has 1 aromatic rings. The number of hydrogen-bond acceptors (Lipinski definition) is 3. The van der Waals surface area contributed by atoms with E-state index in [1.807, 2.05) is 24.3 Å². The molecular formula is C21H30F2O3. The smallest absolute Gasteiger partial charge is 0.315 e. The summed E-state index contributed by atoms with van der Waals surface area (Å²) in [6, 6.07) is 7.28. The minimum Gasteiger partial charge on any atom is -0.493 e. The van der Waals surface area contributed by atoms with Gasteiger partial charge in [-0.2, -0.15) is 0 Å². The lowest BCUT2D eigenvalue weighted by Gasteiger charge is -2.34. The van der Waals surface area contributed by atoms with Crippen molar-refractivity contribution in [2.45, 2.75) is 58.3 Å². The van der Waals surface area contributed by atoms with E-state index in [-0.39, 0.29) is 5.92 Å². The second-order valence-corrected chi connectivity index (χ2v) is 7.58. The average Bonchev–Trinajstić information content (AvgIpc) is 2.64. The molecule has 3 nitrogen and oxygen atoms in total. The van der Waals surface area contributed by atoms with E-state index in [1.54, 1.807) is 0 Å². The number of esters is 1. The van der Waals surface area contributed by atoms with Gasteiger partial charge in [0.25, 0.3) is 6.43 Å². The molecule has 146 valence electrons. The summed E-state index contributed by atoms with van der Waals surface area (Å²) < 4.78 is 38.0. The molecule has 0 saturated heterocycles. The lowest BCUT2D eigenvalue weighted by molar-refractivity contribution is -0.153. The highest BCUT2D eigenvalue weighted by Gasteiger charge is 2.42. The molecule has 0 N–H and O–H groups in total. The lowest BCUT2D eigenvalue weighted by Crippen LogP contribution is -2.35. The van der Waals surface area contributed by atoms with Gasteiger partial charge in [0.2, 0.25) is 0 Å². The van der Waals surface area contributed by atoms with E-state index in [1.165, 1.54) is 7.11 Å². The van der Waals surface area contributed by atoms with Gasteiger partial charge >= 0.3 is 5.97 Å². The molecular weight excluding hydrogens is 338 g/mol. The predicted molar refractivity (Wildman–Crippen MR) is 97.6 cm³/mol. The van der Waals surface area contributed by atoms with Crippen LogP contribution < -0.4 is 4.74 Å². The van der Waals surface area contributed by atoms with Crippen LogP contribution in [0.15, 0.2) is 24.3 Å². The van der Waals surface area contributed by atoms with E-state index < -0.39 is 24.2 Å². The highest BCUT2D eigenvalue weighted by atomic mass is 19.3. The molecule has 1 aliphatic rings. The Balaban J connectivity index is 2.28. The third kappa shape index (κ3) is 5.42. The summed E-state index contributed by atoms with van der Waals surface area (Å²) in [5.41, 5.74) is 0.768. The van der Waals surface area contributed by atoms with Crippen molar-refractivity contribution < 1.29 is 23.0 Å². The number of rotatable bonds is 8. The molecule has 1 aromatic carbocycles. The monoisotopic (exact) mass is 368 g/mol. The molecule has 1 fully saturated rings. The molecule has 2 atom stereocenters. The van der Waals surface area contributed by atoms with Crippen LogP contribution in [0.5, 0.6) is 5.75 Å². The maximum atomic E-state index is 13.8. The van der Waals surface area contributed by atoms with Gasteiger partial charge in [0.05, 0.1) is 13.7 Å². The van der Waals surface area contributed by atoms with Crippen molar-refractivity contribution >= 4 is 5.97 Å². The Bertz CT molecular complexity index is 551. The van der Waals surface area contributed by atoms with Gasteiger partial charge in [-0.3, -0.25) is 4.79 Å². The molecule has 1 saturated carbocycles. The zero-order valence-corrected chi connectivity index (χ0v) is 15.9. The summed E-state index contributed by atoms with van der Waals surface area (Å²) in [5.74, 6) is -1.57. The Morgan fingerprint density at radius 2 is 1.73 bits per heavy atom. The van der Waals surface area contributed by atoms with Crippen LogP contribution in [-0.2, 0) is 9.53 Å². The molecule has 1 aliphatic carbocycles. The minimum atomic E-state index is -2.74. The first-order valence-corrected chi connectivity index (χ1v) is 9.52. The number of ether oxygens (including phenoxy) is 2. The van der Waals surface area contributed by atoms with E-state index >= 15 is 0 Å². The van der Waals surface area contributed by atoms with Crippen LogP contribution in [0.4, 0.5) is 8.78 Å². The fourth-order valence-electron chi connectivity index (χ4n) is 3.86. The van der Waals surface area contributed by atoms with E-state index in [9.17, 15) is 13.6 Å². The predicted octanol–water partition coefficient (Wildman–Crippen LogP) is 5.44. The zero-order chi connectivity index (χ0) is 19.1. The van der Waals surface area contributed by atoms with Crippen molar-refractivity contribution in [3.63, 3.8) is 0 Å². The van der Waals surface area contributed by atoms with Crippen LogP contribution in [0.3, 0.4) is 0 Å². The first-order valence-electron chi connectivity index (χ1n) is 9.52. The number of benzene rings is 1. The summed E-state index contributed by atoms with van der Waals surface area (Å²) in [6.45, 7) is 4.74. The number of halogens is 2. The van der Waals surface area contributed by atoms with Gasteiger partial charge in [-0.25, -0.2) is 8.78 Å². The van der Waals surface area contributed by atoms with Crippen molar-refractivity contribution in [1.82, 2.24) is 0 Å². The molecule has 0 amide bonds. The number of alkyl halides is 2. The van der Waals surface area contributed by atoms with E-state index in [0.29, 0.717) is 12.5 Å². The van der Waals surface area contributed by atoms with Crippen molar-refractivity contribution in [3.05, 3.63) is 29.8 Å². The van der Waals surface area contributed by atoms with Gasteiger partial charge in [0.1, 0.15) is 11.7 Å². The highest BCUT2D eigenvalue weighted by Crippen LogP contribution is 2.43. The number of hydrogen-bond donors (Lipinski definition) is 0. The van der Waals surface area contributed by atoms with Crippen LogP contribution >= 0.6 is 0 Å². The highest BCUT2D eigenvalue weighted by molar-refractivity contribution is 5.74. The Morgan fingerprint density at radius 1 is 1.12 bits per heavy atom. The summed E-state index contributed by atoms with van der Waals surface area (Å²) in [5, 5.41) is 0. The van der Waals surface area contributed by atoms with Crippen LogP contribution in [-0.4, -0.2) is 26.1 Å². The summed E-state index contributed by atoms with van der Waals surface area (Å²) in [7, 11) is 1.18. The first-order chi connectivity index (χ1) is 12.4. The van der Waals surface area contributed by atoms with Crippen LogP contribution in [0.25, 0.3) is 0 Å². The number of carbonyl (C=O) groups is 1. The number of methoxy groups -OCH3 is 1. The van der Waals surface area contributed by atoms with Gasteiger partial charge < -0.3 is 9.47 Å². The van der Waals surface area contributed by atoms with Crippen molar-refractivity contribution in [1.29, 1.82) is 0 Å². The van der Waals surface area contributed by atoms with Gasteiger partial charge in [0, 0.05) is 5.92 Å². The van der Waals surface area contributed by atoms with Crippen molar-refractivity contribution in [2.75, 3.05) is 13.7 Å². The quantitative estimate of drug-likeness (QED) is 0.573. The maximum Gasteiger partial charge on any atom is 0.315 e. The average molecular weight is 368 g/mol. The molecule has 5 heteroatoms. The van der Waals surface area contributed by atoms with Crippen LogP contribution in [0.2, 0.25) is 0 Å². The summed E-state index contributed by atoms with van der Waals surface area (Å²) in [6.07, 6.45) is 2.17. The number of carbonyl (C=O) groups excluding carboxylic acids is 1. The lowest BCUT2D eigenvalue weighted by atomic mass is 9.71. The summed E-state index contributed by atoms with van der Waals surface area (Å²) >= 11 is 0. The topological polar surface area (TPSA) is 35.5 Å². The Kier molecular flexibility index (Phi) is 7.85. The summed E-state index contributed by atoms with van der Waals surface area (Å²) in [4.78, 5) is 12.1. The molecule has 2 rings (SSSR count). The van der Waals surface area contributed by atoms with Gasteiger partial charge in [-0.1, -0.05) is 45.2 Å². The molecule has 0 spiro atoms. The molecule has 0 aromatic heterocycles. The fourth-order valence-corrected chi connectivity index (χ4v) is 3.86. The van der Waals surface area contributed by atoms with E-state index in [0.717, 1.165) is 43.4 Å². The van der Waals surface area contributed by atoms with Crippen molar-refractivity contribution in [2.24, 2.45) is 17.8 Å². The van der Waals surface area contributed by atoms with Crippen LogP contribution in [0.1, 0.15) is 57.4 Å². The normalized spacial score (nSPS) is 18.0. The second kappa shape index (κ2) is 9.89. The second-order valence-electron chi connectivity index (χ2n) is 7.58. The molecule has 2 unspecified atom stereocenters. The van der Waals surface area contributed by atoms with Gasteiger partial charge in [-0.15, -0.1) is 0 Å². The first kappa shape index (κ1) is 20.7. The Morgan fingerprint density at radius 3 is 2.23 bits per heavy atom. The molecule has 0 heterocycles. The fraction of sp³-hybridized carbons (Fsp3) is 0.667. The Labute approximate surface area is 155 Å². The minimum absolute atomic E-state index is 0.0734. The molecule has 0 aliphatic heterocycles. The third-order valence-electron chi connectivity index (χ3n) is 5.14. The zero-order valence-electron chi connectivity index (χ0n) is 15.9. The molecule has 0 radical (unpaired) electrons. The molecule has 0 bridgehead atoms. The third-order valence-corrected chi connectivity index (χ3v) is 5.14. The van der Waals surface area contributed by atoms with Crippen LogP contribution in [0, 0.1) is 17.8 Å². The largest absolute Gasteiger partial charge is 0.493 e. The van der Waals surface area contributed by atoms with Gasteiger partial charge in [-0.05, 0) is 42.4 Å². The van der Waals surface area contributed by atoms with E-state index in [2.05, 4.69) is 13.8 Å². The molecule has 26 heavy (non-hydrogen) atoms. The van der Waals surface area contributed by atoms with Crippen molar-refractivity contribution in [3.8, 4) is 5.75 Å².